The molecule has 3 aromatic rings. The summed E-state index contributed by atoms with van der Waals surface area (Å²) in [6.45, 7) is 1.37. The quantitative estimate of drug-likeness (QED) is 0.703. The van der Waals surface area contributed by atoms with Crippen LogP contribution in [-0.2, 0) is 13.0 Å². The standard InChI is InChI=1S/C19H18F3N5O2/c1-11(19(20,21)22)23-17(28)16-14-10-27(7-5-15(14)24-25-16)18(29)12-8-13-4-2-3-6-26(13)9-12/h2-4,6,8-9,11H,5,7,10H2,1H3,(H,23,28)(H,24,25)/t11-/m0/s1. The first-order valence-corrected chi connectivity index (χ1v) is 9.03. The minimum Gasteiger partial charge on any atom is -0.339 e. The summed E-state index contributed by atoms with van der Waals surface area (Å²) in [4.78, 5) is 26.8. The summed E-state index contributed by atoms with van der Waals surface area (Å²) in [6, 6.07) is 5.38. The van der Waals surface area contributed by atoms with Crippen LogP contribution < -0.4 is 5.32 Å². The maximum atomic E-state index is 12.9. The van der Waals surface area contributed by atoms with E-state index in [1.807, 2.05) is 34.1 Å². The number of H-pyrrole nitrogens is 1. The van der Waals surface area contributed by atoms with E-state index in [0.29, 0.717) is 29.8 Å². The first-order chi connectivity index (χ1) is 13.7. The molecule has 0 saturated carbocycles. The summed E-state index contributed by atoms with van der Waals surface area (Å²) in [6.07, 6.45) is -0.579. The van der Waals surface area contributed by atoms with Crippen LogP contribution in [0, 0.1) is 0 Å². The number of rotatable bonds is 3. The highest BCUT2D eigenvalue weighted by Crippen LogP contribution is 2.24. The molecule has 0 fully saturated rings. The average Bonchev–Trinajstić information content (AvgIpc) is 3.30. The van der Waals surface area contributed by atoms with Crippen molar-refractivity contribution in [1.29, 1.82) is 0 Å². The van der Waals surface area contributed by atoms with Crippen LogP contribution in [0.25, 0.3) is 5.52 Å². The number of pyridine rings is 1. The van der Waals surface area contributed by atoms with Crippen LogP contribution in [0.15, 0.2) is 36.7 Å². The Bertz CT molecular complexity index is 1050. The van der Waals surface area contributed by atoms with Gasteiger partial charge >= 0.3 is 6.18 Å². The van der Waals surface area contributed by atoms with Crippen molar-refractivity contribution in [3.8, 4) is 0 Å². The number of alkyl halides is 3. The Morgan fingerprint density at radius 3 is 2.83 bits per heavy atom. The zero-order chi connectivity index (χ0) is 20.8. The number of hydrogen-bond acceptors (Lipinski definition) is 3. The van der Waals surface area contributed by atoms with Crippen molar-refractivity contribution in [3.05, 3.63) is 59.2 Å². The van der Waals surface area contributed by atoms with Gasteiger partial charge in [-0.05, 0) is 25.1 Å². The van der Waals surface area contributed by atoms with Crippen LogP contribution in [0.4, 0.5) is 13.2 Å². The van der Waals surface area contributed by atoms with E-state index in [0.717, 1.165) is 12.4 Å². The molecule has 1 aliphatic rings. The Kier molecular flexibility index (Phi) is 4.56. The maximum Gasteiger partial charge on any atom is 0.408 e. The second-order valence-electron chi connectivity index (χ2n) is 7.00. The van der Waals surface area contributed by atoms with Crippen LogP contribution >= 0.6 is 0 Å². The van der Waals surface area contributed by atoms with E-state index in [1.54, 1.807) is 17.2 Å². The first kappa shape index (κ1) is 19.0. The van der Waals surface area contributed by atoms with E-state index >= 15 is 0 Å². The summed E-state index contributed by atoms with van der Waals surface area (Å²) in [5, 5.41) is 8.49. The third-order valence-corrected chi connectivity index (χ3v) is 5.02. The third-order valence-electron chi connectivity index (χ3n) is 5.02. The lowest BCUT2D eigenvalue weighted by molar-refractivity contribution is -0.149. The van der Waals surface area contributed by atoms with E-state index in [2.05, 4.69) is 10.2 Å². The van der Waals surface area contributed by atoms with Gasteiger partial charge in [0.05, 0.1) is 17.8 Å². The zero-order valence-corrected chi connectivity index (χ0v) is 15.5. The van der Waals surface area contributed by atoms with Gasteiger partial charge in [0.25, 0.3) is 11.8 Å². The van der Waals surface area contributed by atoms with Gasteiger partial charge in [-0.25, -0.2) is 0 Å². The summed E-state index contributed by atoms with van der Waals surface area (Å²) in [5.41, 5.74) is 2.36. The van der Waals surface area contributed by atoms with Gasteiger partial charge in [0, 0.05) is 36.4 Å². The molecule has 1 aliphatic heterocycles. The minimum absolute atomic E-state index is 0.0457. The molecule has 2 amide bonds. The minimum atomic E-state index is -4.55. The number of hydrogen-bond donors (Lipinski definition) is 2. The Labute approximate surface area is 163 Å². The SMILES string of the molecule is C[C@H](NC(=O)c1[nH]nc2c1CN(C(=O)c1cc3ccccn3c1)CC2)C(F)(F)F. The van der Waals surface area contributed by atoms with E-state index in [1.165, 1.54) is 0 Å². The molecular weight excluding hydrogens is 387 g/mol. The van der Waals surface area contributed by atoms with Gasteiger partial charge in [-0.1, -0.05) is 6.07 Å². The second kappa shape index (κ2) is 6.94. The van der Waals surface area contributed by atoms with Crippen molar-refractivity contribution < 1.29 is 22.8 Å². The molecule has 2 N–H and O–H groups in total. The second-order valence-corrected chi connectivity index (χ2v) is 7.00. The fourth-order valence-corrected chi connectivity index (χ4v) is 3.36. The summed E-state index contributed by atoms with van der Waals surface area (Å²) in [7, 11) is 0. The number of aromatic nitrogens is 3. The van der Waals surface area contributed by atoms with Crippen molar-refractivity contribution in [2.75, 3.05) is 6.54 Å². The third kappa shape index (κ3) is 3.57. The lowest BCUT2D eigenvalue weighted by atomic mass is 10.0. The monoisotopic (exact) mass is 405 g/mol. The van der Waals surface area contributed by atoms with E-state index in [-0.39, 0.29) is 18.1 Å². The highest BCUT2D eigenvalue weighted by Gasteiger charge is 2.38. The zero-order valence-electron chi connectivity index (χ0n) is 15.5. The summed E-state index contributed by atoms with van der Waals surface area (Å²) in [5.74, 6) is -1.11. The Hall–Kier alpha value is -3.30. The highest BCUT2D eigenvalue weighted by molar-refractivity contribution is 5.97. The molecule has 7 nitrogen and oxygen atoms in total. The number of carbonyl (C=O) groups is 2. The van der Waals surface area contributed by atoms with Crippen molar-refractivity contribution in [2.24, 2.45) is 0 Å². The van der Waals surface area contributed by atoms with Gasteiger partial charge < -0.3 is 14.6 Å². The topological polar surface area (TPSA) is 82.5 Å². The van der Waals surface area contributed by atoms with Crippen LogP contribution in [0.3, 0.4) is 0 Å². The van der Waals surface area contributed by atoms with Crippen molar-refractivity contribution in [3.63, 3.8) is 0 Å². The van der Waals surface area contributed by atoms with Gasteiger partial charge in [0.1, 0.15) is 11.7 Å². The van der Waals surface area contributed by atoms with E-state index in [4.69, 9.17) is 0 Å². The predicted octanol–water partition coefficient (Wildman–Crippen LogP) is 2.54. The molecule has 29 heavy (non-hydrogen) atoms. The van der Waals surface area contributed by atoms with Crippen molar-refractivity contribution >= 4 is 17.3 Å². The number of nitrogens with zero attached hydrogens (tertiary/aromatic N) is 3. The Morgan fingerprint density at radius 2 is 2.10 bits per heavy atom. The van der Waals surface area contributed by atoms with Gasteiger partial charge in [-0.3, -0.25) is 14.7 Å². The van der Waals surface area contributed by atoms with Gasteiger partial charge in [-0.2, -0.15) is 18.3 Å². The van der Waals surface area contributed by atoms with Gasteiger partial charge in [-0.15, -0.1) is 0 Å². The number of carbonyl (C=O) groups excluding carboxylic acids is 2. The molecule has 152 valence electrons. The largest absolute Gasteiger partial charge is 0.408 e. The molecule has 3 aromatic heterocycles. The average molecular weight is 405 g/mol. The fourth-order valence-electron chi connectivity index (χ4n) is 3.36. The first-order valence-electron chi connectivity index (χ1n) is 9.03. The molecule has 0 spiro atoms. The predicted molar refractivity (Wildman–Crippen MR) is 97.4 cm³/mol. The molecule has 4 heterocycles. The van der Waals surface area contributed by atoms with Gasteiger partial charge in [0.2, 0.25) is 0 Å². The molecule has 10 heteroatoms. The molecule has 0 bridgehead atoms. The molecule has 0 radical (unpaired) electrons. The summed E-state index contributed by atoms with van der Waals surface area (Å²) >= 11 is 0. The fraction of sp³-hybridized carbons (Fsp3) is 0.316. The van der Waals surface area contributed by atoms with Gasteiger partial charge in [0.15, 0.2) is 0 Å². The molecule has 0 saturated heterocycles. The lowest BCUT2D eigenvalue weighted by Crippen LogP contribution is -2.44. The number of fused-ring (bicyclic) bond motifs is 2. The van der Waals surface area contributed by atoms with Crippen molar-refractivity contribution in [1.82, 2.24) is 24.8 Å². The molecule has 0 unspecified atom stereocenters. The molecular formula is C19H18F3N5O2. The number of amides is 2. The highest BCUT2D eigenvalue weighted by atomic mass is 19.4. The molecule has 1 atom stereocenters. The smallest absolute Gasteiger partial charge is 0.339 e. The van der Waals surface area contributed by atoms with Crippen LogP contribution in [0.1, 0.15) is 39.0 Å². The molecule has 0 aromatic carbocycles. The van der Waals surface area contributed by atoms with E-state index in [9.17, 15) is 22.8 Å². The molecule has 4 rings (SSSR count). The molecule has 0 aliphatic carbocycles. The number of halogens is 3. The Morgan fingerprint density at radius 1 is 1.31 bits per heavy atom. The van der Waals surface area contributed by atoms with Crippen LogP contribution in [-0.4, -0.2) is 50.1 Å². The normalized spacial score (nSPS) is 15.2. The van der Waals surface area contributed by atoms with E-state index < -0.39 is 18.1 Å². The Balaban J connectivity index is 1.54. The lowest BCUT2D eigenvalue weighted by Gasteiger charge is -2.26. The maximum absolute atomic E-state index is 12.9. The number of aromatic amines is 1. The van der Waals surface area contributed by atoms with Crippen LogP contribution in [0.2, 0.25) is 0 Å². The number of nitrogens with one attached hydrogen (secondary N) is 2. The van der Waals surface area contributed by atoms with Crippen LogP contribution in [0.5, 0.6) is 0 Å². The summed E-state index contributed by atoms with van der Waals surface area (Å²) < 4.78 is 40.0. The van der Waals surface area contributed by atoms with Crippen molar-refractivity contribution in [2.45, 2.75) is 32.1 Å².